The SMILES string of the molecule is Cc1ncn(C2CS(=O)(=O)CC2O)c1C. The molecule has 1 aliphatic rings. The molecule has 15 heavy (non-hydrogen) atoms. The van der Waals surface area contributed by atoms with Crippen LogP contribution in [0.3, 0.4) is 0 Å². The first-order valence-electron chi connectivity index (χ1n) is 4.79. The second-order valence-corrected chi connectivity index (χ2v) is 6.19. The highest BCUT2D eigenvalue weighted by Crippen LogP contribution is 2.26. The van der Waals surface area contributed by atoms with E-state index in [4.69, 9.17) is 0 Å². The van der Waals surface area contributed by atoms with Crippen molar-refractivity contribution in [2.75, 3.05) is 11.5 Å². The van der Waals surface area contributed by atoms with Gasteiger partial charge in [0, 0.05) is 5.69 Å². The van der Waals surface area contributed by atoms with Gasteiger partial charge in [-0.15, -0.1) is 0 Å². The predicted octanol–water partition coefficient (Wildman–Crippen LogP) is -0.170. The number of hydrogen-bond donors (Lipinski definition) is 1. The highest BCUT2D eigenvalue weighted by molar-refractivity contribution is 7.91. The molecule has 1 aromatic rings. The van der Waals surface area contributed by atoms with Gasteiger partial charge in [-0.25, -0.2) is 13.4 Å². The normalized spacial score (nSPS) is 29.5. The maximum Gasteiger partial charge on any atom is 0.155 e. The monoisotopic (exact) mass is 230 g/mol. The molecule has 0 bridgehead atoms. The Bertz CT molecular complexity index is 478. The molecule has 1 saturated heterocycles. The molecule has 2 atom stereocenters. The second kappa shape index (κ2) is 3.31. The van der Waals surface area contributed by atoms with Crippen molar-refractivity contribution in [2.24, 2.45) is 0 Å². The number of hydrogen-bond acceptors (Lipinski definition) is 4. The largest absolute Gasteiger partial charge is 0.390 e. The van der Waals surface area contributed by atoms with Gasteiger partial charge in [0.15, 0.2) is 9.84 Å². The molecule has 2 rings (SSSR count). The average Bonchev–Trinajstić information content (AvgIpc) is 2.55. The lowest BCUT2D eigenvalue weighted by molar-refractivity contribution is 0.152. The zero-order valence-corrected chi connectivity index (χ0v) is 9.53. The van der Waals surface area contributed by atoms with Gasteiger partial charge in [0.1, 0.15) is 0 Å². The fourth-order valence-electron chi connectivity index (χ4n) is 1.93. The van der Waals surface area contributed by atoms with Gasteiger partial charge < -0.3 is 9.67 Å². The Labute approximate surface area is 88.7 Å². The second-order valence-electron chi connectivity index (χ2n) is 4.03. The molecule has 6 heteroatoms. The molecule has 1 N–H and O–H groups in total. The summed E-state index contributed by atoms with van der Waals surface area (Å²) in [5, 5.41) is 9.68. The summed E-state index contributed by atoms with van der Waals surface area (Å²) in [6, 6.07) is -0.379. The van der Waals surface area contributed by atoms with Gasteiger partial charge in [-0.2, -0.15) is 0 Å². The van der Waals surface area contributed by atoms with Crippen LogP contribution in [0.5, 0.6) is 0 Å². The quantitative estimate of drug-likeness (QED) is 0.727. The van der Waals surface area contributed by atoms with Crippen molar-refractivity contribution >= 4 is 9.84 Å². The van der Waals surface area contributed by atoms with E-state index in [1.165, 1.54) is 0 Å². The van der Waals surface area contributed by atoms with E-state index in [1.54, 1.807) is 10.9 Å². The third-order valence-corrected chi connectivity index (χ3v) is 4.64. The van der Waals surface area contributed by atoms with E-state index in [9.17, 15) is 13.5 Å². The topological polar surface area (TPSA) is 72.2 Å². The molecule has 0 amide bonds. The first-order valence-corrected chi connectivity index (χ1v) is 6.61. The molecule has 1 aliphatic heterocycles. The van der Waals surface area contributed by atoms with Crippen LogP contribution >= 0.6 is 0 Å². The lowest BCUT2D eigenvalue weighted by Gasteiger charge is -2.16. The molecule has 5 nitrogen and oxygen atoms in total. The third kappa shape index (κ3) is 1.79. The average molecular weight is 230 g/mol. The molecule has 0 saturated carbocycles. The first-order chi connectivity index (χ1) is 6.91. The fourth-order valence-corrected chi connectivity index (χ4v) is 3.71. The molecular formula is C9H14N2O3S. The van der Waals surface area contributed by atoms with Crippen molar-refractivity contribution in [3.63, 3.8) is 0 Å². The zero-order valence-electron chi connectivity index (χ0n) is 8.71. The van der Waals surface area contributed by atoms with Crippen LogP contribution in [0.25, 0.3) is 0 Å². The van der Waals surface area contributed by atoms with Crippen LogP contribution in [0.2, 0.25) is 0 Å². The molecule has 0 aromatic carbocycles. The van der Waals surface area contributed by atoms with E-state index >= 15 is 0 Å². The number of nitrogens with zero attached hydrogens (tertiary/aromatic N) is 2. The standard InChI is InChI=1S/C9H14N2O3S/c1-6-7(2)11(5-10-6)8-3-15(13,14)4-9(8)12/h5,8-9,12H,3-4H2,1-2H3. The number of sulfone groups is 1. The number of rotatable bonds is 1. The Morgan fingerprint density at radius 1 is 1.47 bits per heavy atom. The highest BCUT2D eigenvalue weighted by Gasteiger charge is 2.38. The van der Waals surface area contributed by atoms with E-state index in [0.717, 1.165) is 11.4 Å². The molecule has 2 unspecified atom stereocenters. The summed E-state index contributed by atoms with van der Waals surface area (Å²) in [7, 11) is -3.10. The van der Waals surface area contributed by atoms with Gasteiger partial charge in [0.05, 0.1) is 35.7 Å². The Morgan fingerprint density at radius 3 is 2.53 bits per heavy atom. The van der Waals surface area contributed by atoms with E-state index in [0.29, 0.717) is 0 Å². The van der Waals surface area contributed by atoms with Gasteiger partial charge in [0.2, 0.25) is 0 Å². The number of imidazole rings is 1. The highest BCUT2D eigenvalue weighted by atomic mass is 32.2. The molecule has 1 fully saturated rings. The summed E-state index contributed by atoms with van der Waals surface area (Å²) in [4.78, 5) is 4.10. The van der Waals surface area contributed by atoms with Gasteiger partial charge in [-0.3, -0.25) is 0 Å². The Kier molecular flexibility index (Phi) is 2.35. The fraction of sp³-hybridized carbons (Fsp3) is 0.667. The van der Waals surface area contributed by atoms with Crippen LogP contribution < -0.4 is 0 Å². The van der Waals surface area contributed by atoms with Gasteiger partial charge in [-0.1, -0.05) is 0 Å². The van der Waals surface area contributed by atoms with Gasteiger partial charge >= 0.3 is 0 Å². The number of aliphatic hydroxyl groups is 1. The Balaban J connectivity index is 2.37. The van der Waals surface area contributed by atoms with Crippen molar-refractivity contribution in [3.8, 4) is 0 Å². The molecule has 0 aliphatic carbocycles. The van der Waals surface area contributed by atoms with Crippen molar-refractivity contribution in [3.05, 3.63) is 17.7 Å². The Morgan fingerprint density at radius 2 is 2.13 bits per heavy atom. The molecule has 0 spiro atoms. The molecular weight excluding hydrogens is 216 g/mol. The first kappa shape index (κ1) is 10.6. The lowest BCUT2D eigenvalue weighted by atomic mass is 10.2. The van der Waals surface area contributed by atoms with Crippen LogP contribution in [-0.2, 0) is 9.84 Å². The minimum Gasteiger partial charge on any atom is -0.390 e. The lowest BCUT2D eigenvalue weighted by Crippen LogP contribution is -2.22. The molecule has 2 heterocycles. The van der Waals surface area contributed by atoms with Crippen molar-refractivity contribution < 1.29 is 13.5 Å². The summed E-state index contributed by atoms with van der Waals surface area (Å²) in [6.07, 6.45) is 0.779. The van der Waals surface area contributed by atoms with Crippen molar-refractivity contribution in [1.82, 2.24) is 9.55 Å². The summed E-state index contributed by atoms with van der Waals surface area (Å²) >= 11 is 0. The van der Waals surface area contributed by atoms with Gasteiger partial charge in [0.25, 0.3) is 0 Å². The number of aryl methyl sites for hydroxylation is 1. The molecule has 0 radical (unpaired) electrons. The summed E-state index contributed by atoms with van der Waals surface area (Å²) in [5.41, 5.74) is 1.78. The number of aromatic nitrogens is 2. The zero-order chi connectivity index (χ0) is 11.2. The van der Waals surface area contributed by atoms with Crippen LogP contribution in [0.4, 0.5) is 0 Å². The summed E-state index contributed by atoms with van der Waals surface area (Å²) in [6.45, 7) is 3.74. The number of aliphatic hydroxyl groups excluding tert-OH is 1. The minimum atomic E-state index is -3.10. The predicted molar refractivity (Wildman–Crippen MR) is 55.4 cm³/mol. The van der Waals surface area contributed by atoms with E-state index in [-0.39, 0.29) is 17.5 Å². The van der Waals surface area contributed by atoms with E-state index in [2.05, 4.69) is 4.98 Å². The summed E-state index contributed by atoms with van der Waals surface area (Å²) < 4.78 is 24.5. The van der Waals surface area contributed by atoms with Crippen molar-refractivity contribution in [1.29, 1.82) is 0 Å². The molecule has 1 aromatic heterocycles. The minimum absolute atomic E-state index is 0.00477. The maximum atomic E-state index is 11.3. The van der Waals surface area contributed by atoms with E-state index < -0.39 is 15.9 Å². The van der Waals surface area contributed by atoms with Crippen LogP contribution in [0, 0.1) is 13.8 Å². The van der Waals surface area contributed by atoms with Gasteiger partial charge in [-0.05, 0) is 13.8 Å². The van der Waals surface area contributed by atoms with Crippen LogP contribution in [0.1, 0.15) is 17.4 Å². The summed E-state index contributed by atoms with van der Waals surface area (Å²) in [5.74, 6) is -0.140. The van der Waals surface area contributed by atoms with E-state index in [1.807, 2.05) is 13.8 Å². The van der Waals surface area contributed by atoms with Crippen molar-refractivity contribution in [2.45, 2.75) is 26.0 Å². The third-order valence-electron chi connectivity index (χ3n) is 2.94. The smallest absolute Gasteiger partial charge is 0.155 e. The van der Waals surface area contributed by atoms with Crippen LogP contribution in [0.15, 0.2) is 6.33 Å². The maximum absolute atomic E-state index is 11.3. The Hall–Kier alpha value is -0.880. The van der Waals surface area contributed by atoms with Crippen LogP contribution in [-0.4, -0.2) is 40.7 Å². The molecule has 84 valence electrons.